The Morgan fingerprint density at radius 2 is 2.38 bits per heavy atom. The predicted molar refractivity (Wildman–Crippen MR) is 46.1 cm³/mol. The predicted octanol–water partition coefficient (Wildman–Crippen LogP) is -0.266. The van der Waals surface area contributed by atoms with Gasteiger partial charge < -0.3 is 4.84 Å². The Labute approximate surface area is 79.8 Å². The molecular formula is C6H6N3O3S. The molecular weight excluding hydrogens is 194 g/mol. The van der Waals surface area contributed by atoms with Crippen LogP contribution >= 0.6 is 12.2 Å². The second kappa shape index (κ2) is 5.91. The van der Waals surface area contributed by atoms with Crippen LogP contribution in [-0.4, -0.2) is 23.4 Å². The van der Waals surface area contributed by atoms with E-state index < -0.39 is 16.8 Å². The van der Waals surface area contributed by atoms with Crippen molar-refractivity contribution in [3.63, 3.8) is 0 Å². The van der Waals surface area contributed by atoms with Crippen molar-refractivity contribution in [1.82, 2.24) is 5.32 Å². The van der Waals surface area contributed by atoms with E-state index in [0.29, 0.717) is 0 Å². The minimum absolute atomic E-state index is 0.223. The smallest absolute Gasteiger partial charge is 0.317 e. The van der Waals surface area contributed by atoms with E-state index in [2.05, 4.69) is 22.2 Å². The zero-order valence-corrected chi connectivity index (χ0v) is 7.55. The van der Waals surface area contributed by atoms with Crippen LogP contribution in [0.4, 0.5) is 0 Å². The summed E-state index contributed by atoms with van der Waals surface area (Å²) in [5.74, 6) is -0.962. The Morgan fingerprint density at radius 3 is 2.77 bits per heavy atom. The molecule has 0 unspecified atom stereocenters. The number of rotatable bonds is 3. The summed E-state index contributed by atoms with van der Waals surface area (Å²) in [6, 6.07) is 1.46. The summed E-state index contributed by atoms with van der Waals surface area (Å²) in [4.78, 5) is 15.3. The fourth-order valence-electron chi connectivity index (χ4n) is 0.394. The number of hydrogen-bond acceptors (Lipinski definition) is 5. The fourth-order valence-corrected chi connectivity index (χ4v) is 0.486. The van der Waals surface area contributed by atoms with Gasteiger partial charge in [0.15, 0.2) is 0 Å². The number of nitrogens with one attached hydrogen (secondary N) is 1. The zero-order chi connectivity index (χ0) is 10.3. The van der Waals surface area contributed by atoms with E-state index in [9.17, 15) is 9.90 Å². The summed E-state index contributed by atoms with van der Waals surface area (Å²) >= 11 is 4.06. The fraction of sp³-hybridized carbons (Fsp3) is 0.333. The number of carbonyl (C=O) groups excluding carboxylic acids is 1. The molecule has 0 fully saturated rings. The van der Waals surface area contributed by atoms with Crippen LogP contribution < -0.4 is 5.32 Å². The largest absolute Gasteiger partial charge is 0.395 e. The number of oxime groups is 1. The average Bonchev–Trinajstić information content (AvgIpc) is 2.04. The summed E-state index contributed by atoms with van der Waals surface area (Å²) in [5.41, 5.74) is -0.542. The maximum atomic E-state index is 10.9. The molecule has 0 aromatic heterocycles. The van der Waals surface area contributed by atoms with Gasteiger partial charge >= 0.3 is 5.17 Å². The highest BCUT2D eigenvalue weighted by Gasteiger charge is 2.13. The van der Waals surface area contributed by atoms with E-state index in [1.165, 1.54) is 6.07 Å². The Morgan fingerprint density at radius 1 is 1.77 bits per heavy atom. The van der Waals surface area contributed by atoms with E-state index in [0.717, 1.165) is 0 Å². The first kappa shape index (κ1) is 11.3. The molecule has 0 aromatic rings. The molecule has 7 heteroatoms. The van der Waals surface area contributed by atoms with Gasteiger partial charge in [0.1, 0.15) is 12.7 Å². The van der Waals surface area contributed by atoms with E-state index in [1.807, 2.05) is 0 Å². The van der Waals surface area contributed by atoms with E-state index in [1.54, 1.807) is 12.2 Å². The summed E-state index contributed by atoms with van der Waals surface area (Å²) in [5, 5.41) is 22.5. The van der Waals surface area contributed by atoms with Crippen molar-refractivity contribution in [2.75, 3.05) is 6.61 Å². The molecule has 0 rings (SSSR count). The molecule has 1 radical (unpaired) electrons. The summed E-state index contributed by atoms with van der Waals surface area (Å²) in [6.45, 7) is 1.86. The van der Waals surface area contributed by atoms with Crippen molar-refractivity contribution in [3.8, 4) is 6.07 Å². The topological polar surface area (TPSA) is 94.4 Å². The summed E-state index contributed by atoms with van der Waals surface area (Å²) in [7, 11) is 0. The van der Waals surface area contributed by atoms with Gasteiger partial charge in [0.2, 0.25) is 5.71 Å². The highest BCUT2D eigenvalue weighted by atomic mass is 32.1. The zero-order valence-electron chi connectivity index (χ0n) is 6.73. The number of thiocarbonyl (C=S) groups is 1. The Hall–Kier alpha value is -1.68. The standard InChI is InChI=1S/C6H6N3O3S/c1-2-12-9-4(3-7)5(10)8-6(11)13/h2H2,1H3,(H,8,10,13). The quantitative estimate of drug-likeness (QED) is 0.385. The van der Waals surface area contributed by atoms with Gasteiger partial charge in [0, 0.05) is 0 Å². The third-order valence-corrected chi connectivity index (χ3v) is 0.924. The lowest BCUT2D eigenvalue weighted by Gasteiger charge is -1.96. The van der Waals surface area contributed by atoms with E-state index in [-0.39, 0.29) is 6.61 Å². The van der Waals surface area contributed by atoms with Crippen LogP contribution in [-0.2, 0) is 14.7 Å². The van der Waals surface area contributed by atoms with Gasteiger partial charge in [-0.1, -0.05) is 5.16 Å². The molecule has 0 saturated carbocycles. The van der Waals surface area contributed by atoms with Crippen molar-refractivity contribution in [2.45, 2.75) is 6.92 Å². The molecule has 0 heterocycles. The van der Waals surface area contributed by atoms with Crippen LogP contribution in [0.1, 0.15) is 6.92 Å². The highest BCUT2D eigenvalue weighted by molar-refractivity contribution is 7.80. The Balaban J connectivity index is 4.34. The molecule has 0 aliphatic rings. The number of hydrogen-bond donors (Lipinski definition) is 1. The lowest BCUT2D eigenvalue weighted by atomic mass is 10.4. The number of carbonyl (C=O) groups is 1. The third kappa shape index (κ3) is 4.71. The Bertz CT molecular complexity index is 281. The number of nitriles is 1. The van der Waals surface area contributed by atoms with E-state index >= 15 is 0 Å². The summed E-state index contributed by atoms with van der Waals surface area (Å²) in [6.07, 6.45) is 0. The average molecular weight is 200 g/mol. The van der Waals surface area contributed by atoms with Gasteiger partial charge in [-0.05, 0) is 19.1 Å². The van der Waals surface area contributed by atoms with Gasteiger partial charge in [-0.3, -0.25) is 15.2 Å². The molecule has 13 heavy (non-hydrogen) atoms. The maximum Gasteiger partial charge on any atom is 0.317 e. The van der Waals surface area contributed by atoms with Crippen LogP contribution in [0.15, 0.2) is 5.16 Å². The number of nitrogens with zero attached hydrogens (tertiary/aromatic N) is 2. The van der Waals surface area contributed by atoms with Crippen molar-refractivity contribution < 1.29 is 14.7 Å². The van der Waals surface area contributed by atoms with Crippen molar-refractivity contribution in [1.29, 1.82) is 5.26 Å². The molecule has 1 amide bonds. The minimum Gasteiger partial charge on any atom is -0.395 e. The first-order valence-corrected chi connectivity index (χ1v) is 3.65. The van der Waals surface area contributed by atoms with Crippen molar-refractivity contribution in [2.24, 2.45) is 5.16 Å². The first-order valence-electron chi connectivity index (χ1n) is 3.24. The lowest BCUT2D eigenvalue weighted by molar-refractivity contribution is -0.113. The number of amides is 1. The van der Waals surface area contributed by atoms with Crippen LogP contribution in [0.25, 0.3) is 0 Å². The van der Waals surface area contributed by atoms with Gasteiger partial charge in [0.25, 0.3) is 5.91 Å². The van der Waals surface area contributed by atoms with Gasteiger partial charge in [-0.15, -0.1) is 0 Å². The molecule has 0 spiro atoms. The van der Waals surface area contributed by atoms with Crippen molar-refractivity contribution in [3.05, 3.63) is 0 Å². The SMILES string of the molecule is CCON=C(C#N)C(=O)NC([O])=S. The highest BCUT2D eigenvalue weighted by Crippen LogP contribution is 1.82. The van der Waals surface area contributed by atoms with Gasteiger partial charge in [-0.25, -0.2) is 0 Å². The molecule has 0 aromatic carbocycles. The first-order chi connectivity index (χ1) is 6.11. The molecule has 1 N–H and O–H groups in total. The van der Waals surface area contributed by atoms with Crippen LogP contribution in [0.5, 0.6) is 0 Å². The minimum atomic E-state index is -0.968. The normalized spacial score (nSPS) is 10.0. The van der Waals surface area contributed by atoms with Crippen LogP contribution in [0, 0.1) is 11.3 Å². The van der Waals surface area contributed by atoms with Crippen molar-refractivity contribution >= 4 is 29.0 Å². The van der Waals surface area contributed by atoms with E-state index in [4.69, 9.17) is 5.26 Å². The lowest BCUT2D eigenvalue weighted by Crippen LogP contribution is -2.33. The summed E-state index contributed by atoms with van der Waals surface area (Å²) < 4.78 is 0. The van der Waals surface area contributed by atoms with Crippen LogP contribution in [0.2, 0.25) is 0 Å². The molecule has 0 aliphatic heterocycles. The molecule has 6 nitrogen and oxygen atoms in total. The molecule has 69 valence electrons. The maximum absolute atomic E-state index is 10.9. The second-order valence-electron chi connectivity index (χ2n) is 1.71. The van der Waals surface area contributed by atoms with Crippen LogP contribution in [0.3, 0.4) is 0 Å². The van der Waals surface area contributed by atoms with Gasteiger partial charge in [-0.2, -0.15) is 5.26 Å². The molecule has 0 atom stereocenters. The second-order valence-corrected chi connectivity index (χ2v) is 2.08. The van der Waals surface area contributed by atoms with Gasteiger partial charge in [0.05, 0.1) is 0 Å². The molecule has 0 saturated heterocycles. The Kier molecular flexibility index (Phi) is 5.14. The molecule has 0 aliphatic carbocycles. The third-order valence-electron chi connectivity index (χ3n) is 0.822. The monoisotopic (exact) mass is 200 g/mol. The molecule has 0 bridgehead atoms.